The van der Waals surface area contributed by atoms with Crippen LogP contribution in [0.5, 0.6) is 11.5 Å². The number of nitrogens with one attached hydrogen (secondary N) is 1. The molecule has 0 heterocycles. The van der Waals surface area contributed by atoms with Gasteiger partial charge in [-0.2, -0.15) is 0 Å². The monoisotopic (exact) mass is 312 g/mol. The predicted molar refractivity (Wildman–Crippen MR) is 89.3 cm³/mol. The summed E-state index contributed by atoms with van der Waals surface area (Å²) >= 11 is 0. The maximum Gasteiger partial charge on any atom is 0.265 e. The first kappa shape index (κ1) is 16.6. The van der Waals surface area contributed by atoms with Crippen LogP contribution in [0.4, 0.5) is 0 Å². The molecule has 0 atom stereocenters. The van der Waals surface area contributed by atoms with E-state index in [4.69, 9.17) is 15.3 Å². The minimum Gasteiger partial charge on any atom is -0.493 e. The molecule has 0 aliphatic carbocycles. The summed E-state index contributed by atoms with van der Waals surface area (Å²) in [5.74, 6) is 5.90. The maximum absolute atomic E-state index is 11.8. The molecular weight excluding hydrogens is 292 g/mol. The zero-order valence-electron chi connectivity index (χ0n) is 13.0. The Morgan fingerprint density at radius 2 is 2.04 bits per heavy atom. The maximum atomic E-state index is 11.8. The molecule has 0 bridgehead atoms. The fraction of sp³-hybridized carbons (Fsp3) is 0.167. The second-order valence-corrected chi connectivity index (χ2v) is 4.91. The number of allylic oxidation sites excluding steroid dienone is 1. The number of nitrogen functional groups attached to an aromatic ring is 1. The molecule has 0 aliphatic heterocycles. The molecule has 0 saturated carbocycles. The molecule has 23 heavy (non-hydrogen) atoms. The van der Waals surface area contributed by atoms with E-state index in [1.54, 1.807) is 18.2 Å². The minimum absolute atomic E-state index is 0.386. The molecule has 3 N–H and O–H groups in total. The van der Waals surface area contributed by atoms with E-state index in [0.717, 1.165) is 11.1 Å². The number of hydrogen-bond acceptors (Lipinski definition) is 4. The average Bonchev–Trinajstić information content (AvgIpc) is 2.60. The second kappa shape index (κ2) is 8.00. The predicted octanol–water partition coefficient (Wildman–Crippen LogP) is 2.61. The third-order valence-electron chi connectivity index (χ3n) is 3.34. The number of carbonyl (C=O) groups is 1. The molecular formula is C18H20N2O3. The molecule has 0 aliphatic rings. The molecule has 2 aromatic rings. The van der Waals surface area contributed by atoms with Gasteiger partial charge in [0.2, 0.25) is 0 Å². The van der Waals surface area contributed by atoms with Gasteiger partial charge in [-0.25, -0.2) is 5.84 Å². The number of benzene rings is 2. The molecule has 0 radical (unpaired) electrons. The topological polar surface area (TPSA) is 73.6 Å². The molecule has 2 rings (SSSR count). The third kappa shape index (κ3) is 4.11. The van der Waals surface area contributed by atoms with E-state index in [2.05, 4.69) is 12.0 Å². The summed E-state index contributed by atoms with van der Waals surface area (Å²) in [6, 6.07) is 13.2. The van der Waals surface area contributed by atoms with Crippen molar-refractivity contribution < 1.29 is 14.3 Å². The van der Waals surface area contributed by atoms with E-state index < -0.39 is 0 Å². The van der Waals surface area contributed by atoms with E-state index in [9.17, 15) is 4.79 Å². The lowest BCUT2D eigenvalue weighted by Crippen LogP contribution is -2.30. The van der Waals surface area contributed by atoms with Gasteiger partial charge in [-0.15, -0.1) is 6.58 Å². The highest BCUT2D eigenvalue weighted by Crippen LogP contribution is 2.34. The van der Waals surface area contributed by atoms with Gasteiger partial charge >= 0.3 is 0 Å². The molecule has 1 amide bonds. The molecule has 5 heteroatoms. The molecule has 120 valence electrons. The summed E-state index contributed by atoms with van der Waals surface area (Å²) in [4.78, 5) is 11.8. The van der Waals surface area contributed by atoms with Crippen molar-refractivity contribution in [3.63, 3.8) is 0 Å². The van der Waals surface area contributed by atoms with Crippen molar-refractivity contribution in [1.82, 2.24) is 5.43 Å². The van der Waals surface area contributed by atoms with Crippen molar-refractivity contribution in [3.05, 3.63) is 71.8 Å². The van der Waals surface area contributed by atoms with Crippen LogP contribution in [-0.2, 0) is 13.0 Å². The van der Waals surface area contributed by atoms with Gasteiger partial charge in [0.05, 0.1) is 7.11 Å². The number of carbonyl (C=O) groups excluding carboxylic acids is 1. The average molecular weight is 312 g/mol. The summed E-state index contributed by atoms with van der Waals surface area (Å²) in [6.07, 6.45) is 2.29. The first-order valence-electron chi connectivity index (χ1n) is 7.19. The van der Waals surface area contributed by atoms with Crippen LogP contribution in [0.2, 0.25) is 0 Å². The lowest BCUT2D eigenvalue weighted by Gasteiger charge is -2.16. The van der Waals surface area contributed by atoms with Gasteiger partial charge in [-0.05, 0) is 24.1 Å². The lowest BCUT2D eigenvalue weighted by atomic mass is 10.0. The molecule has 5 nitrogen and oxygen atoms in total. The van der Waals surface area contributed by atoms with Crippen LogP contribution in [0.25, 0.3) is 0 Å². The highest BCUT2D eigenvalue weighted by Gasteiger charge is 2.16. The number of ether oxygens (including phenoxy) is 2. The lowest BCUT2D eigenvalue weighted by molar-refractivity contribution is 0.0953. The van der Waals surface area contributed by atoms with Gasteiger partial charge in [0, 0.05) is 11.1 Å². The Bertz CT molecular complexity index is 684. The zero-order chi connectivity index (χ0) is 16.7. The van der Waals surface area contributed by atoms with E-state index in [1.165, 1.54) is 7.11 Å². The van der Waals surface area contributed by atoms with Crippen LogP contribution in [0.3, 0.4) is 0 Å². The summed E-state index contributed by atoms with van der Waals surface area (Å²) < 4.78 is 11.3. The molecule has 2 aromatic carbocycles. The third-order valence-corrected chi connectivity index (χ3v) is 3.34. The smallest absolute Gasteiger partial charge is 0.265 e. The fourth-order valence-electron chi connectivity index (χ4n) is 2.23. The van der Waals surface area contributed by atoms with Gasteiger partial charge < -0.3 is 9.47 Å². The zero-order valence-corrected chi connectivity index (χ0v) is 13.0. The fourth-order valence-corrected chi connectivity index (χ4v) is 2.23. The Hall–Kier alpha value is -2.79. The number of amides is 1. The van der Waals surface area contributed by atoms with Crippen LogP contribution >= 0.6 is 0 Å². The van der Waals surface area contributed by atoms with Gasteiger partial charge in [-0.1, -0.05) is 36.4 Å². The Labute approximate surface area is 135 Å². The van der Waals surface area contributed by atoms with Gasteiger partial charge in [0.25, 0.3) is 5.91 Å². The van der Waals surface area contributed by atoms with Crippen molar-refractivity contribution in [3.8, 4) is 11.5 Å². The Balaban J connectivity index is 2.35. The highest BCUT2D eigenvalue weighted by molar-refractivity contribution is 5.94. The minimum atomic E-state index is -0.386. The number of rotatable bonds is 7. The van der Waals surface area contributed by atoms with Crippen LogP contribution in [0.15, 0.2) is 55.1 Å². The molecule has 0 unspecified atom stereocenters. The Kier molecular flexibility index (Phi) is 5.77. The van der Waals surface area contributed by atoms with Gasteiger partial charge in [0.1, 0.15) is 6.61 Å². The van der Waals surface area contributed by atoms with Crippen LogP contribution in [-0.4, -0.2) is 13.0 Å². The quantitative estimate of drug-likeness (QED) is 0.357. The van der Waals surface area contributed by atoms with E-state index in [0.29, 0.717) is 30.1 Å². The molecule has 0 aromatic heterocycles. The number of methoxy groups -OCH3 is 1. The van der Waals surface area contributed by atoms with E-state index in [1.807, 2.05) is 30.3 Å². The Morgan fingerprint density at radius 3 is 2.65 bits per heavy atom. The Morgan fingerprint density at radius 1 is 1.30 bits per heavy atom. The van der Waals surface area contributed by atoms with Crippen molar-refractivity contribution in [2.24, 2.45) is 5.84 Å². The summed E-state index contributed by atoms with van der Waals surface area (Å²) in [7, 11) is 1.53. The SMILES string of the molecule is C=CCc1cc(C(=O)NN)cc(OC)c1OCc1ccccc1. The van der Waals surface area contributed by atoms with Crippen LogP contribution in [0, 0.1) is 0 Å². The second-order valence-electron chi connectivity index (χ2n) is 4.91. The number of hydrogen-bond donors (Lipinski definition) is 2. The van der Waals surface area contributed by atoms with Crippen LogP contribution in [0.1, 0.15) is 21.5 Å². The molecule has 0 saturated heterocycles. The standard InChI is InChI=1S/C18H20N2O3/c1-3-7-14-10-15(18(21)20-19)11-16(22-2)17(14)23-12-13-8-5-4-6-9-13/h3-6,8-11H,1,7,12,19H2,2H3,(H,20,21). The van der Waals surface area contributed by atoms with Crippen molar-refractivity contribution in [2.75, 3.05) is 7.11 Å². The highest BCUT2D eigenvalue weighted by atomic mass is 16.5. The number of hydrazine groups is 1. The van der Waals surface area contributed by atoms with Crippen LogP contribution < -0.4 is 20.7 Å². The van der Waals surface area contributed by atoms with Crippen molar-refractivity contribution >= 4 is 5.91 Å². The normalized spacial score (nSPS) is 10.0. The van der Waals surface area contributed by atoms with Crippen molar-refractivity contribution in [1.29, 1.82) is 0 Å². The molecule has 0 spiro atoms. The van der Waals surface area contributed by atoms with E-state index >= 15 is 0 Å². The number of nitrogens with two attached hydrogens (primary N) is 1. The largest absolute Gasteiger partial charge is 0.493 e. The summed E-state index contributed by atoms with van der Waals surface area (Å²) in [5.41, 5.74) is 4.39. The summed E-state index contributed by atoms with van der Waals surface area (Å²) in [6.45, 7) is 4.15. The van der Waals surface area contributed by atoms with E-state index in [-0.39, 0.29) is 5.91 Å². The molecule has 0 fully saturated rings. The van der Waals surface area contributed by atoms with Crippen molar-refractivity contribution in [2.45, 2.75) is 13.0 Å². The summed E-state index contributed by atoms with van der Waals surface area (Å²) in [5, 5.41) is 0. The van der Waals surface area contributed by atoms with Gasteiger partial charge in [-0.3, -0.25) is 10.2 Å². The first-order chi connectivity index (χ1) is 11.2. The van der Waals surface area contributed by atoms with Gasteiger partial charge in [0.15, 0.2) is 11.5 Å². The first-order valence-corrected chi connectivity index (χ1v) is 7.19.